The molecule has 0 rings (SSSR count). The molecule has 0 radical (unpaired) electrons. The van der Waals surface area contributed by atoms with Crippen molar-refractivity contribution in [2.75, 3.05) is 31.6 Å². The van der Waals surface area contributed by atoms with Crippen LogP contribution in [0.15, 0.2) is 0 Å². The van der Waals surface area contributed by atoms with Crippen molar-refractivity contribution in [2.24, 2.45) is 11.3 Å². The number of rotatable bonds is 7. The second-order valence-electron chi connectivity index (χ2n) is 5.19. The molecule has 0 saturated heterocycles. The summed E-state index contributed by atoms with van der Waals surface area (Å²) in [5.41, 5.74) is 0.343. The van der Waals surface area contributed by atoms with Gasteiger partial charge in [0.25, 0.3) is 0 Å². The van der Waals surface area contributed by atoms with Crippen molar-refractivity contribution in [3.8, 4) is 0 Å². The number of hydrogen-bond acceptors (Lipinski definition) is 2. The fourth-order valence-corrected chi connectivity index (χ4v) is 2.71. The van der Waals surface area contributed by atoms with Crippen LogP contribution in [0.1, 0.15) is 34.1 Å². The van der Waals surface area contributed by atoms with E-state index in [0.717, 1.165) is 31.4 Å². The quantitative estimate of drug-likeness (QED) is 0.725. The van der Waals surface area contributed by atoms with Gasteiger partial charge in [-0.2, -0.15) is 0 Å². The zero-order valence-corrected chi connectivity index (χ0v) is 12.2. The predicted molar refractivity (Wildman–Crippen MR) is 70.6 cm³/mol. The fraction of sp³-hybridized carbons (Fsp3) is 1.00. The number of halogens is 1. The van der Waals surface area contributed by atoms with Gasteiger partial charge in [0, 0.05) is 25.0 Å². The predicted octanol–water partition coefficient (Wildman–Crippen LogP) is 2.75. The average molecular weight is 280 g/mol. The molecular weight excluding hydrogens is 254 g/mol. The lowest BCUT2D eigenvalue weighted by Crippen LogP contribution is -2.37. The molecule has 0 aliphatic carbocycles. The molecule has 15 heavy (non-hydrogen) atoms. The van der Waals surface area contributed by atoms with E-state index < -0.39 is 0 Å². The molecule has 0 aromatic rings. The molecule has 1 atom stereocenters. The second-order valence-corrected chi connectivity index (χ2v) is 5.84. The number of aliphatic hydroxyl groups excluding tert-OH is 1. The molecule has 0 bridgehead atoms. The molecule has 92 valence electrons. The van der Waals surface area contributed by atoms with Gasteiger partial charge in [-0.1, -0.05) is 43.6 Å². The molecule has 0 spiro atoms. The smallest absolute Gasteiger partial charge is 0.0443 e. The lowest BCUT2D eigenvalue weighted by molar-refractivity contribution is 0.159. The molecule has 0 heterocycles. The highest BCUT2D eigenvalue weighted by molar-refractivity contribution is 9.09. The Kier molecular flexibility index (Phi) is 7.84. The SMILES string of the molecule is CCN(CCCO)CC(CBr)C(C)(C)C. The summed E-state index contributed by atoms with van der Waals surface area (Å²) in [6, 6.07) is 0. The summed E-state index contributed by atoms with van der Waals surface area (Å²) in [5, 5.41) is 9.87. The lowest BCUT2D eigenvalue weighted by Gasteiger charge is -2.34. The van der Waals surface area contributed by atoms with Crippen molar-refractivity contribution >= 4 is 15.9 Å². The molecule has 0 aromatic heterocycles. The van der Waals surface area contributed by atoms with E-state index in [0.29, 0.717) is 17.9 Å². The Bertz CT molecular complexity index is 156. The van der Waals surface area contributed by atoms with Gasteiger partial charge in [0.05, 0.1) is 0 Å². The van der Waals surface area contributed by atoms with E-state index in [1.807, 2.05) is 0 Å². The highest BCUT2D eigenvalue weighted by atomic mass is 79.9. The highest BCUT2D eigenvalue weighted by Gasteiger charge is 2.24. The summed E-state index contributed by atoms with van der Waals surface area (Å²) >= 11 is 3.60. The van der Waals surface area contributed by atoms with Crippen LogP contribution >= 0.6 is 15.9 Å². The van der Waals surface area contributed by atoms with E-state index in [4.69, 9.17) is 5.11 Å². The minimum Gasteiger partial charge on any atom is -0.396 e. The van der Waals surface area contributed by atoms with Gasteiger partial charge in [-0.15, -0.1) is 0 Å². The maximum Gasteiger partial charge on any atom is 0.0443 e. The van der Waals surface area contributed by atoms with Crippen molar-refractivity contribution in [1.82, 2.24) is 4.90 Å². The van der Waals surface area contributed by atoms with E-state index in [1.165, 1.54) is 0 Å². The zero-order valence-electron chi connectivity index (χ0n) is 10.6. The van der Waals surface area contributed by atoms with E-state index >= 15 is 0 Å². The van der Waals surface area contributed by atoms with E-state index in [-0.39, 0.29) is 0 Å². The van der Waals surface area contributed by atoms with E-state index in [1.54, 1.807) is 0 Å². The molecule has 0 fully saturated rings. The van der Waals surface area contributed by atoms with Crippen molar-refractivity contribution in [1.29, 1.82) is 0 Å². The van der Waals surface area contributed by atoms with Gasteiger partial charge in [-0.05, 0) is 24.3 Å². The van der Waals surface area contributed by atoms with E-state index in [2.05, 4.69) is 48.5 Å². The van der Waals surface area contributed by atoms with Gasteiger partial charge in [-0.3, -0.25) is 0 Å². The summed E-state index contributed by atoms with van der Waals surface area (Å²) in [6.07, 6.45) is 0.882. The summed E-state index contributed by atoms with van der Waals surface area (Å²) in [4.78, 5) is 2.42. The summed E-state index contributed by atoms with van der Waals surface area (Å²) in [7, 11) is 0. The molecule has 3 heteroatoms. The summed E-state index contributed by atoms with van der Waals surface area (Å²) in [6.45, 7) is 12.5. The largest absolute Gasteiger partial charge is 0.396 e. The second kappa shape index (κ2) is 7.64. The highest BCUT2D eigenvalue weighted by Crippen LogP contribution is 2.28. The molecule has 0 aliphatic rings. The van der Waals surface area contributed by atoms with Gasteiger partial charge in [0.15, 0.2) is 0 Å². The molecular formula is C12H26BrNO. The Morgan fingerprint density at radius 1 is 1.33 bits per heavy atom. The first-order chi connectivity index (χ1) is 6.95. The normalized spacial score (nSPS) is 14.6. The summed E-state index contributed by atoms with van der Waals surface area (Å²) in [5.74, 6) is 0.663. The third-order valence-electron chi connectivity index (χ3n) is 2.97. The van der Waals surface area contributed by atoms with Crippen LogP contribution in [0.2, 0.25) is 0 Å². The zero-order chi connectivity index (χ0) is 11.9. The number of alkyl halides is 1. The molecule has 0 saturated carbocycles. The van der Waals surface area contributed by atoms with Gasteiger partial charge < -0.3 is 10.0 Å². The molecule has 2 nitrogen and oxygen atoms in total. The van der Waals surface area contributed by atoms with Crippen LogP contribution in [0.4, 0.5) is 0 Å². The van der Waals surface area contributed by atoms with E-state index in [9.17, 15) is 0 Å². The van der Waals surface area contributed by atoms with Crippen molar-refractivity contribution < 1.29 is 5.11 Å². The van der Waals surface area contributed by atoms with Crippen molar-refractivity contribution in [3.05, 3.63) is 0 Å². The number of nitrogens with zero attached hydrogens (tertiary/aromatic N) is 1. The topological polar surface area (TPSA) is 23.5 Å². The Labute approximate surface area is 103 Å². The van der Waals surface area contributed by atoms with Crippen LogP contribution in [0.25, 0.3) is 0 Å². The molecule has 0 aromatic carbocycles. The number of hydrogen-bond donors (Lipinski definition) is 1. The molecule has 0 amide bonds. The van der Waals surface area contributed by atoms with Gasteiger partial charge in [-0.25, -0.2) is 0 Å². The van der Waals surface area contributed by atoms with Crippen molar-refractivity contribution in [2.45, 2.75) is 34.1 Å². The standard InChI is InChI=1S/C12H26BrNO/c1-5-14(7-6-8-15)10-11(9-13)12(2,3)4/h11,15H,5-10H2,1-4H3. The molecule has 1 N–H and O–H groups in total. The maximum atomic E-state index is 8.83. The van der Waals surface area contributed by atoms with Crippen LogP contribution in [0.5, 0.6) is 0 Å². The minimum atomic E-state index is 0.297. The average Bonchev–Trinajstić information content (AvgIpc) is 2.16. The van der Waals surface area contributed by atoms with Crippen LogP contribution in [-0.2, 0) is 0 Å². The Hall–Kier alpha value is 0.400. The Morgan fingerprint density at radius 3 is 2.27 bits per heavy atom. The van der Waals surface area contributed by atoms with Crippen LogP contribution in [0, 0.1) is 11.3 Å². The van der Waals surface area contributed by atoms with Crippen LogP contribution < -0.4 is 0 Å². The molecule has 0 aliphatic heterocycles. The first-order valence-corrected chi connectivity index (χ1v) is 6.97. The van der Waals surface area contributed by atoms with Gasteiger partial charge in [0.2, 0.25) is 0 Å². The van der Waals surface area contributed by atoms with Crippen LogP contribution in [0.3, 0.4) is 0 Å². The van der Waals surface area contributed by atoms with Crippen LogP contribution in [-0.4, -0.2) is 41.6 Å². The van der Waals surface area contributed by atoms with Gasteiger partial charge in [0.1, 0.15) is 0 Å². The number of aliphatic hydroxyl groups is 1. The lowest BCUT2D eigenvalue weighted by atomic mass is 9.82. The first kappa shape index (κ1) is 15.4. The van der Waals surface area contributed by atoms with Crippen molar-refractivity contribution in [3.63, 3.8) is 0 Å². The molecule has 1 unspecified atom stereocenters. The maximum absolute atomic E-state index is 8.83. The third-order valence-corrected chi connectivity index (χ3v) is 3.75. The minimum absolute atomic E-state index is 0.297. The summed E-state index contributed by atoms with van der Waals surface area (Å²) < 4.78 is 0. The fourth-order valence-electron chi connectivity index (χ4n) is 1.54. The Balaban J connectivity index is 4.12. The monoisotopic (exact) mass is 279 g/mol. The van der Waals surface area contributed by atoms with Gasteiger partial charge >= 0.3 is 0 Å². The Morgan fingerprint density at radius 2 is 1.93 bits per heavy atom. The first-order valence-electron chi connectivity index (χ1n) is 5.84. The third kappa shape index (κ3) is 6.54.